The minimum atomic E-state index is -0.222. The molecule has 0 aromatic carbocycles. The molecule has 3 rings (SSSR count). The Morgan fingerprint density at radius 1 is 1.57 bits per heavy atom. The Balaban J connectivity index is 1.50. The average Bonchev–Trinajstić information content (AvgIpc) is 2.77. The number of hydrogen-bond donors (Lipinski definition) is 2. The van der Waals surface area contributed by atoms with E-state index >= 15 is 0 Å². The van der Waals surface area contributed by atoms with Gasteiger partial charge in [0.2, 0.25) is 0 Å². The van der Waals surface area contributed by atoms with E-state index in [2.05, 4.69) is 15.6 Å². The first-order chi connectivity index (χ1) is 10.3. The average molecular weight is 291 g/mol. The van der Waals surface area contributed by atoms with Crippen molar-refractivity contribution >= 4 is 5.91 Å². The summed E-state index contributed by atoms with van der Waals surface area (Å²) < 4.78 is 11.7. The Morgan fingerprint density at radius 2 is 2.52 bits per heavy atom. The van der Waals surface area contributed by atoms with E-state index in [0.29, 0.717) is 18.7 Å². The van der Waals surface area contributed by atoms with Gasteiger partial charge in [-0.2, -0.15) is 0 Å². The molecule has 0 bridgehead atoms. The molecule has 0 radical (unpaired) electrons. The number of rotatable bonds is 3. The number of hydrogen-bond acceptors (Lipinski definition) is 5. The molecule has 2 fully saturated rings. The topological polar surface area (TPSA) is 72.5 Å². The smallest absolute Gasteiger partial charge is 0.252 e. The second kappa shape index (κ2) is 6.51. The molecule has 0 aliphatic carbocycles. The Bertz CT molecular complexity index is 472. The first-order valence-electron chi connectivity index (χ1n) is 7.42. The van der Waals surface area contributed by atoms with Crippen LogP contribution in [0.15, 0.2) is 24.5 Å². The predicted molar refractivity (Wildman–Crippen MR) is 77.1 cm³/mol. The molecule has 1 aromatic heterocycles. The van der Waals surface area contributed by atoms with Crippen LogP contribution in [0.1, 0.15) is 23.2 Å². The zero-order valence-corrected chi connectivity index (χ0v) is 12.0. The molecule has 0 saturated carbocycles. The number of nitrogens with one attached hydrogen (secondary N) is 2. The highest BCUT2D eigenvalue weighted by molar-refractivity contribution is 5.93. The monoisotopic (exact) mass is 291 g/mol. The van der Waals surface area contributed by atoms with Gasteiger partial charge in [0, 0.05) is 32.0 Å². The van der Waals surface area contributed by atoms with Crippen LogP contribution < -0.4 is 10.6 Å². The predicted octanol–water partition coefficient (Wildman–Crippen LogP) is 0.349. The van der Waals surface area contributed by atoms with Crippen molar-refractivity contribution in [3.63, 3.8) is 0 Å². The highest BCUT2D eigenvalue weighted by Crippen LogP contribution is 2.30. The van der Waals surface area contributed by atoms with Gasteiger partial charge in [0.15, 0.2) is 0 Å². The van der Waals surface area contributed by atoms with E-state index in [4.69, 9.17) is 9.47 Å². The summed E-state index contributed by atoms with van der Waals surface area (Å²) in [7, 11) is 0. The van der Waals surface area contributed by atoms with Gasteiger partial charge in [0.25, 0.3) is 5.91 Å². The van der Waals surface area contributed by atoms with Crippen LogP contribution >= 0.6 is 0 Å². The van der Waals surface area contributed by atoms with Gasteiger partial charge >= 0.3 is 0 Å². The Kier molecular flexibility index (Phi) is 4.48. The highest BCUT2D eigenvalue weighted by atomic mass is 16.6. The zero-order chi connectivity index (χ0) is 14.5. The minimum Gasteiger partial charge on any atom is -0.377 e. The normalized spacial score (nSPS) is 29.2. The molecule has 1 aromatic rings. The maximum absolute atomic E-state index is 12.0. The van der Waals surface area contributed by atoms with E-state index in [1.807, 2.05) is 0 Å². The fraction of sp³-hybridized carbons (Fsp3) is 0.600. The molecule has 0 unspecified atom stereocenters. The van der Waals surface area contributed by atoms with Gasteiger partial charge in [-0.15, -0.1) is 0 Å². The molecular formula is C15H21N3O3. The number of carbonyl (C=O) groups is 1. The van der Waals surface area contributed by atoms with Gasteiger partial charge in [-0.25, -0.2) is 0 Å². The molecule has 1 amide bonds. The summed E-state index contributed by atoms with van der Waals surface area (Å²) in [5.74, 6) is -0.108. The molecule has 6 heteroatoms. The van der Waals surface area contributed by atoms with Crippen LogP contribution in [-0.4, -0.2) is 55.4 Å². The van der Waals surface area contributed by atoms with Crippen molar-refractivity contribution < 1.29 is 14.3 Å². The summed E-state index contributed by atoms with van der Waals surface area (Å²) in [6.07, 6.45) is 5.18. The zero-order valence-electron chi connectivity index (χ0n) is 12.0. The van der Waals surface area contributed by atoms with Crippen molar-refractivity contribution in [2.45, 2.75) is 24.5 Å². The van der Waals surface area contributed by atoms with Crippen LogP contribution in [0.4, 0.5) is 0 Å². The number of carbonyl (C=O) groups excluding carboxylic acids is 1. The number of amides is 1. The second-order valence-corrected chi connectivity index (χ2v) is 5.64. The fourth-order valence-corrected chi connectivity index (χ4v) is 2.85. The van der Waals surface area contributed by atoms with Crippen molar-refractivity contribution in [3.8, 4) is 0 Å². The maximum Gasteiger partial charge on any atom is 0.252 e. The number of aromatic nitrogens is 1. The van der Waals surface area contributed by atoms with Crippen molar-refractivity contribution in [3.05, 3.63) is 30.1 Å². The van der Waals surface area contributed by atoms with E-state index in [0.717, 1.165) is 32.5 Å². The molecule has 2 N–H and O–H groups in total. The van der Waals surface area contributed by atoms with Crippen LogP contribution in [0.25, 0.3) is 0 Å². The van der Waals surface area contributed by atoms with Gasteiger partial charge in [-0.05, 0) is 25.0 Å². The lowest BCUT2D eigenvalue weighted by atomic mass is 10.0. The lowest BCUT2D eigenvalue weighted by Gasteiger charge is -2.27. The van der Waals surface area contributed by atoms with Gasteiger partial charge < -0.3 is 20.1 Å². The second-order valence-electron chi connectivity index (χ2n) is 5.64. The lowest BCUT2D eigenvalue weighted by Crippen LogP contribution is -2.43. The Morgan fingerprint density at radius 3 is 3.38 bits per heavy atom. The molecule has 3 heterocycles. The van der Waals surface area contributed by atoms with Crippen molar-refractivity contribution in [2.24, 2.45) is 0 Å². The first kappa shape index (κ1) is 14.4. The summed E-state index contributed by atoms with van der Waals surface area (Å²) in [4.78, 5) is 15.9. The molecule has 2 saturated heterocycles. The van der Waals surface area contributed by atoms with Crippen LogP contribution in [0.2, 0.25) is 0 Å². The van der Waals surface area contributed by atoms with Gasteiger partial charge in [0.05, 0.1) is 24.9 Å². The summed E-state index contributed by atoms with van der Waals surface area (Å²) in [6, 6.07) is 3.51. The Labute approximate surface area is 124 Å². The largest absolute Gasteiger partial charge is 0.377 e. The van der Waals surface area contributed by atoms with Gasteiger partial charge in [-0.3, -0.25) is 9.78 Å². The molecular weight excluding hydrogens is 270 g/mol. The van der Waals surface area contributed by atoms with E-state index in [9.17, 15) is 4.79 Å². The SMILES string of the molecule is O=C(NC[C@H]1CC[C@@]2(CNCCOC2)O1)c1cccnc1. The summed E-state index contributed by atoms with van der Waals surface area (Å²) in [5.41, 5.74) is 0.352. The lowest BCUT2D eigenvalue weighted by molar-refractivity contribution is -0.0764. The fourth-order valence-electron chi connectivity index (χ4n) is 2.85. The van der Waals surface area contributed by atoms with Crippen molar-refractivity contribution in [1.82, 2.24) is 15.6 Å². The summed E-state index contributed by atoms with van der Waals surface area (Å²) >= 11 is 0. The molecule has 21 heavy (non-hydrogen) atoms. The van der Waals surface area contributed by atoms with Gasteiger partial charge in [-0.1, -0.05) is 0 Å². The molecule has 6 nitrogen and oxygen atoms in total. The third kappa shape index (κ3) is 3.58. The summed E-state index contributed by atoms with van der Waals surface area (Å²) in [6.45, 7) is 3.57. The van der Waals surface area contributed by atoms with E-state index in [1.54, 1.807) is 24.5 Å². The van der Waals surface area contributed by atoms with Crippen LogP contribution in [0, 0.1) is 0 Å². The van der Waals surface area contributed by atoms with E-state index in [1.165, 1.54) is 0 Å². The van der Waals surface area contributed by atoms with E-state index in [-0.39, 0.29) is 17.6 Å². The molecule has 1 spiro atoms. The molecule has 114 valence electrons. The minimum absolute atomic E-state index is 0.0501. The maximum atomic E-state index is 12.0. The Hall–Kier alpha value is -1.50. The van der Waals surface area contributed by atoms with Crippen LogP contribution in [-0.2, 0) is 9.47 Å². The number of ether oxygens (including phenoxy) is 2. The standard InChI is InChI=1S/C15H21N3O3/c19-14(12-2-1-5-16-8-12)18-9-13-3-4-15(21-13)10-17-6-7-20-11-15/h1-2,5,8,13,17H,3-4,6-7,9-11H2,(H,18,19)/t13-,15+/m1/s1. The van der Waals surface area contributed by atoms with Crippen LogP contribution in [0.3, 0.4) is 0 Å². The van der Waals surface area contributed by atoms with Gasteiger partial charge in [0.1, 0.15) is 5.60 Å². The molecule has 2 aliphatic heterocycles. The first-order valence-corrected chi connectivity index (χ1v) is 7.42. The highest BCUT2D eigenvalue weighted by Gasteiger charge is 2.41. The van der Waals surface area contributed by atoms with Crippen LogP contribution in [0.5, 0.6) is 0 Å². The molecule has 2 atom stereocenters. The van der Waals surface area contributed by atoms with Crippen molar-refractivity contribution in [2.75, 3.05) is 32.8 Å². The summed E-state index contributed by atoms with van der Waals surface area (Å²) in [5, 5.41) is 6.26. The molecule has 2 aliphatic rings. The third-order valence-electron chi connectivity index (χ3n) is 3.99. The number of nitrogens with zero attached hydrogens (tertiary/aromatic N) is 1. The third-order valence-corrected chi connectivity index (χ3v) is 3.99. The van der Waals surface area contributed by atoms with E-state index < -0.39 is 0 Å². The number of pyridine rings is 1. The quantitative estimate of drug-likeness (QED) is 0.841. The van der Waals surface area contributed by atoms with Crippen molar-refractivity contribution in [1.29, 1.82) is 0 Å².